The van der Waals surface area contributed by atoms with Crippen LogP contribution < -0.4 is 0 Å². The zero-order valence-electron chi connectivity index (χ0n) is 9.58. The van der Waals surface area contributed by atoms with Gasteiger partial charge in [0.15, 0.2) is 0 Å². The fourth-order valence-electron chi connectivity index (χ4n) is 1.09. The Kier molecular flexibility index (Phi) is 4.58. The van der Waals surface area contributed by atoms with Crippen molar-refractivity contribution in [1.29, 1.82) is 0 Å². The van der Waals surface area contributed by atoms with Crippen LogP contribution >= 0.6 is 0 Å². The summed E-state index contributed by atoms with van der Waals surface area (Å²) in [6.45, 7) is 0.0868. The number of hydrogen-bond acceptors (Lipinski definition) is 6. The van der Waals surface area contributed by atoms with Gasteiger partial charge in [0.2, 0.25) is 10.0 Å². The molecule has 1 aromatic heterocycles. The van der Waals surface area contributed by atoms with E-state index < -0.39 is 16.0 Å². The minimum atomic E-state index is -3.50. The molecule has 0 saturated heterocycles. The summed E-state index contributed by atoms with van der Waals surface area (Å²) in [5.41, 5.74) is 0. The number of ether oxygens (including phenoxy) is 1. The maximum Gasteiger partial charge on any atom is 0.306 e. The lowest BCUT2D eigenvalue weighted by Gasteiger charge is -2.14. The number of aromatic nitrogens is 3. The lowest BCUT2D eigenvalue weighted by molar-refractivity contribution is -0.140. The molecule has 0 unspecified atom stereocenters. The normalized spacial score (nSPS) is 11.7. The van der Waals surface area contributed by atoms with Crippen molar-refractivity contribution in [2.75, 3.05) is 19.9 Å². The van der Waals surface area contributed by atoms with Crippen molar-refractivity contribution in [2.45, 2.75) is 13.0 Å². The first-order valence-electron chi connectivity index (χ1n) is 4.81. The highest BCUT2D eigenvalue weighted by molar-refractivity contribution is 7.89. The molecule has 1 aromatic rings. The lowest BCUT2D eigenvalue weighted by atomic mass is 10.5. The van der Waals surface area contributed by atoms with Crippen LogP contribution in [0.2, 0.25) is 0 Å². The first-order chi connectivity index (χ1) is 7.95. The molecule has 0 saturated carbocycles. The van der Waals surface area contributed by atoms with Crippen molar-refractivity contribution >= 4 is 16.0 Å². The number of hydrogen-bond donors (Lipinski definition) is 1. The van der Waals surface area contributed by atoms with Crippen LogP contribution in [0.5, 0.6) is 0 Å². The van der Waals surface area contributed by atoms with Gasteiger partial charge in [-0.05, 0) is 0 Å². The number of esters is 1. The van der Waals surface area contributed by atoms with Crippen molar-refractivity contribution in [3.63, 3.8) is 0 Å². The standard InChI is InChI=1S/C8H14N4O4S/c1-12(5-7-9-6-10-11-7)17(14,15)4-3-8(13)16-2/h6H,3-5H2,1-2H3,(H,9,10,11). The van der Waals surface area contributed by atoms with Crippen LogP contribution in [0.15, 0.2) is 6.33 Å². The maximum absolute atomic E-state index is 11.7. The van der Waals surface area contributed by atoms with E-state index in [2.05, 4.69) is 19.9 Å². The summed E-state index contributed by atoms with van der Waals surface area (Å²) in [7, 11) is -0.870. The summed E-state index contributed by atoms with van der Waals surface area (Å²) in [6.07, 6.45) is 1.13. The highest BCUT2D eigenvalue weighted by Gasteiger charge is 2.20. The summed E-state index contributed by atoms with van der Waals surface area (Å²) >= 11 is 0. The van der Waals surface area contributed by atoms with Crippen LogP contribution in [-0.4, -0.2) is 53.8 Å². The summed E-state index contributed by atoms with van der Waals surface area (Å²) in [4.78, 5) is 14.7. The summed E-state index contributed by atoms with van der Waals surface area (Å²) < 4.78 is 29.0. The molecule has 0 amide bonds. The van der Waals surface area contributed by atoms with Crippen LogP contribution in [0.1, 0.15) is 12.2 Å². The highest BCUT2D eigenvalue weighted by atomic mass is 32.2. The molecule has 17 heavy (non-hydrogen) atoms. The fourth-order valence-corrected chi connectivity index (χ4v) is 2.14. The minimum absolute atomic E-state index is 0.0868. The average Bonchev–Trinajstić information content (AvgIpc) is 2.78. The molecule has 1 N–H and O–H groups in total. The second-order valence-corrected chi connectivity index (χ2v) is 5.53. The number of H-pyrrole nitrogens is 1. The molecule has 0 aliphatic heterocycles. The van der Waals surface area contributed by atoms with E-state index in [9.17, 15) is 13.2 Å². The van der Waals surface area contributed by atoms with Gasteiger partial charge in [-0.15, -0.1) is 0 Å². The Hall–Kier alpha value is -1.48. The second-order valence-electron chi connectivity index (χ2n) is 3.33. The molecule has 0 aliphatic rings. The van der Waals surface area contributed by atoms with Gasteiger partial charge in [-0.2, -0.15) is 9.40 Å². The summed E-state index contributed by atoms with van der Waals surface area (Å²) in [6, 6.07) is 0. The van der Waals surface area contributed by atoms with E-state index in [-0.39, 0.29) is 18.7 Å². The highest BCUT2D eigenvalue weighted by Crippen LogP contribution is 2.04. The Morgan fingerprint density at radius 1 is 1.59 bits per heavy atom. The third-order valence-electron chi connectivity index (χ3n) is 2.10. The molecular weight excluding hydrogens is 248 g/mol. The molecule has 9 heteroatoms. The number of nitrogens with one attached hydrogen (secondary N) is 1. The molecule has 0 radical (unpaired) electrons. The molecule has 0 spiro atoms. The summed E-state index contributed by atoms with van der Waals surface area (Å²) in [5.74, 6) is -0.402. The smallest absolute Gasteiger partial charge is 0.306 e. The van der Waals surface area contributed by atoms with Crippen LogP contribution in [0.25, 0.3) is 0 Å². The molecule has 8 nitrogen and oxygen atoms in total. The fraction of sp³-hybridized carbons (Fsp3) is 0.625. The van der Waals surface area contributed by atoms with E-state index in [0.29, 0.717) is 5.82 Å². The van der Waals surface area contributed by atoms with Gasteiger partial charge in [-0.25, -0.2) is 13.4 Å². The van der Waals surface area contributed by atoms with Crippen molar-refractivity contribution in [1.82, 2.24) is 19.5 Å². The van der Waals surface area contributed by atoms with Gasteiger partial charge in [-0.1, -0.05) is 0 Å². The molecule has 1 heterocycles. The Morgan fingerprint density at radius 2 is 2.29 bits per heavy atom. The average molecular weight is 262 g/mol. The number of sulfonamides is 1. The zero-order chi connectivity index (χ0) is 12.9. The summed E-state index contributed by atoms with van der Waals surface area (Å²) in [5, 5.41) is 6.17. The number of methoxy groups -OCH3 is 1. The molecule has 0 bridgehead atoms. The van der Waals surface area contributed by atoms with Gasteiger partial charge in [-0.3, -0.25) is 9.89 Å². The van der Waals surface area contributed by atoms with Crippen molar-refractivity contribution in [2.24, 2.45) is 0 Å². The topological polar surface area (TPSA) is 105 Å². The number of rotatable bonds is 6. The SMILES string of the molecule is COC(=O)CCS(=O)(=O)N(C)Cc1ncn[nH]1. The van der Waals surface area contributed by atoms with E-state index in [4.69, 9.17) is 0 Å². The van der Waals surface area contributed by atoms with E-state index >= 15 is 0 Å². The Labute approximate surface area is 99.0 Å². The second kappa shape index (κ2) is 5.73. The molecule has 0 aliphatic carbocycles. The number of carbonyl (C=O) groups excluding carboxylic acids is 1. The quantitative estimate of drug-likeness (QED) is 0.668. The van der Waals surface area contributed by atoms with Crippen LogP contribution in [0.3, 0.4) is 0 Å². The predicted octanol–water partition coefficient (Wildman–Crippen LogP) is -0.871. The molecule has 0 aromatic carbocycles. The third-order valence-corrected chi connectivity index (χ3v) is 3.90. The minimum Gasteiger partial charge on any atom is -0.469 e. The Balaban J connectivity index is 2.54. The van der Waals surface area contributed by atoms with E-state index in [1.54, 1.807) is 0 Å². The van der Waals surface area contributed by atoms with E-state index in [1.165, 1.54) is 20.5 Å². The Morgan fingerprint density at radius 3 is 2.82 bits per heavy atom. The molecule has 1 rings (SSSR count). The van der Waals surface area contributed by atoms with Crippen LogP contribution in [0, 0.1) is 0 Å². The molecule has 0 atom stereocenters. The van der Waals surface area contributed by atoms with Crippen molar-refractivity contribution in [3.8, 4) is 0 Å². The van der Waals surface area contributed by atoms with Crippen molar-refractivity contribution in [3.05, 3.63) is 12.2 Å². The first-order valence-corrected chi connectivity index (χ1v) is 6.41. The first kappa shape index (κ1) is 13.6. The van der Waals surface area contributed by atoms with E-state index in [0.717, 1.165) is 4.31 Å². The Bertz CT molecular complexity index is 456. The van der Waals surface area contributed by atoms with Gasteiger partial charge in [0, 0.05) is 7.05 Å². The van der Waals surface area contributed by atoms with Crippen LogP contribution in [-0.2, 0) is 26.1 Å². The van der Waals surface area contributed by atoms with Crippen molar-refractivity contribution < 1.29 is 17.9 Å². The molecular formula is C8H14N4O4S. The third kappa shape index (κ3) is 4.11. The van der Waals surface area contributed by atoms with Gasteiger partial charge in [0.1, 0.15) is 12.2 Å². The van der Waals surface area contributed by atoms with Gasteiger partial charge < -0.3 is 4.74 Å². The molecule has 0 fully saturated rings. The van der Waals surface area contributed by atoms with E-state index in [1.807, 2.05) is 0 Å². The van der Waals surface area contributed by atoms with Gasteiger partial charge in [0.25, 0.3) is 0 Å². The van der Waals surface area contributed by atoms with Crippen LogP contribution in [0.4, 0.5) is 0 Å². The monoisotopic (exact) mass is 262 g/mol. The predicted molar refractivity (Wildman–Crippen MR) is 58.3 cm³/mol. The van der Waals surface area contributed by atoms with Gasteiger partial charge in [0.05, 0.1) is 25.8 Å². The largest absolute Gasteiger partial charge is 0.469 e. The number of carbonyl (C=O) groups is 1. The lowest BCUT2D eigenvalue weighted by Crippen LogP contribution is -2.30. The maximum atomic E-state index is 11.7. The van der Waals surface area contributed by atoms with Gasteiger partial charge >= 0.3 is 5.97 Å². The zero-order valence-corrected chi connectivity index (χ0v) is 10.4. The number of nitrogens with zero attached hydrogens (tertiary/aromatic N) is 3. The molecule has 96 valence electrons. The number of aromatic amines is 1.